The van der Waals surface area contributed by atoms with Crippen molar-refractivity contribution >= 4 is 28.8 Å². The van der Waals surface area contributed by atoms with E-state index in [1.54, 1.807) is 18.2 Å². The minimum absolute atomic E-state index is 0.0668. The second kappa shape index (κ2) is 12.4. The molecule has 1 aromatic heterocycles. The summed E-state index contributed by atoms with van der Waals surface area (Å²) in [5.74, 6) is -3.51. The molecule has 8 atom stereocenters. The molecule has 4 fully saturated rings. The number of nitrogens with one attached hydrogen (secondary N) is 1. The van der Waals surface area contributed by atoms with Crippen molar-refractivity contribution in [1.29, 1.82) is 0 Å². The average molecular weight is 671 g/mol. The molecule has 2 amide bonds. The predicted molar refractivity (Wildman–Crippen MR) is 169 cm³/mol. The van der Waals surface area contributed by atoms with Crippen LogP contribution in [0.4, 0.5) is 13.6 Å². The molecule has 2 unspecified atom stereocenters. The molecule has 4 heterocycles. The molecular formula is C35H44F2N4O7. The Balaban J connectivity index is 1.30. The van der Waals surface area contributed by atoms with Gasteiger partial charge in [0.1, 0.15) is 24.0 Å². The standard InChI is InChI=1S/C35H44F2N4O7/c1-5-21-27-15-41(28(21)18(2)42)32(43)30(34(3)16-46-17-34)40-33(44)48-26-13-19-12-23(19)22(26)8-6-7-11-35(36,37)29-31(47-27)39-25-14-20(45-4)9-10-24(25)38-29/h9-10,14,19,21-23,26-28,30H,5-8,11-13,15-17H2,1-4H3,(H,40,44)/t19?,21-,22-,23?,26-,27+,28-,30-/m1/s1. The van der Waals surface area contributed by atoms with E-state index in [0.29, 0.717) is 42.4 Å². The van der Waals surface area contributed by atoms with Gasteiger partial charge in [0, 0.05) is 23.8 Å². The van der Waals surface area contributed by atoms with Crippen LogP contribution in [0, 0.1) is 29.1 Å². The second-order valence-corrected chi connectivity index (χ2v) is 14.7. The smallest absolute Gasteiger partial charge is 0.408 e. The number of ether oxygens (including phenoxy) is 4. The molecule has 260 valence electrons. The lowest BCUT2D eigenvalue weighted by Crippen LogP contribution is -2.64. The first kappa shape index (κ1) is 32.9. The van der Waals surface area contributed by atoms with Crippen molar-refractivity contribution in [3.05, 3.63) is 23.9 Å². The molecule has 5 aliphatic rings. The van der Waals surface area contributed by atoms with Gasteiger partial charge in [0.25, 0.3) is 5.92 Å². The topological polar surface area (TPSA) is 129 Å². The average Bonchev–Trinajstić information content (AvgIpc) is 3.57. The van der Waals surface area contributed by atoms with E-state index in [4.69, 9.17) is 18.9 Å². The molecule has 13 heteroatoms. The SMILES string of the molecule is CC[C@@H]1[C@@H]2CN(C(=O)[C@H](C3(C)COC3)NC(=O)O[C@@H]3CC4CC4[C@H]3CCCCC(F)(F)c3nc4ccc(OC)cc4nc3O2)[C@@H]1C(C)=O. The number of nitrogens with zero attached hydrogens (tertiary/aromatic N) is 3. The number of alkyl halides is 2. The first-order valence-corrected chi connectivity index (χ1v) is 17.2. The minimum atomic E-state index is -3.37. The Morgan fingerprint density at radius 1 is 1.08 bits per heavy atom. The fraction of sp³-hybridized carbons (Fsp3) is 0.686. The fourth-order valence-electron chi connectivity index (χ4n) is 8.62. The van der Waals surface area contributed by atoms with Gasteiger partial charge >= 0.3 is 6.09 Å². The number of aromatic nitrogens is 2. The van der Waals surface area contributed by atoms with E-state index < -0.39 is 59.6 Å². The van der Waals surface area contributed by atoms with Crippen molar-refractivity contribution < 1.29 is 42.1 Å². The molecule has 0 spiro atoms. The number of methoxy groups -OCH3 is 1. The Kier molecular flexibility index (Phi) is 8.48. The number of amides is 2. The number of fused-ring (bicyclic) bond motifs is 7. The van der Waals surface area contributed by atoms with Gasteiger partial charge in [-0.15, -0.1) is 0 Å². The summed E-state index contributed by atoms with van der Waals surface area (Å²) < 4.78 is 55.6. The zero-order chi connectivity index (χ0) is 34.0. The van der Waals surface area contributed by atoms with Gasteiger partial charge in [-0.3, -0.25) is 9.59 Å². The van der Waals surface area contributed by atoms with Gasteiger partial charge in [0.05, 0.1) is 43.9 Å². The number of carbonyl (C=O) groups is 3. The number of hydrogen-bond donors (Lipinski definition) is 1. The first-order valence-electron chi connectivity index (χ1n) is 17.2. The highest BCUT2D eigenvalue weighted by Gasteiger charge is 2.56. The van der Waals surface area contributed by atoms with Crippen LogP contribution in [0.3, 0.4) is 0 Å². The number of ketones is 1. The third kappa shape index (κ3) is 5.85. The summed E-state index contributed by atoms with van der Waals surface area (Å²) in [6.07, 6.45) is 1.30. The third-order valence-electron chi connectivity index (χ3n) is 11.4. The minimum Gasteiger partial charge on any atom is -0.497 e. The lowest BCUT2D eigenvalue weighted by molar-refractivity contribution is -0.158. The zero-order valence-electron chi connectivity index (χ0n) is 27.9. The van der Waals surface area contributed by atoms with E-state index in [-0.39, 0.29) is 55.4 Å². The van der Waals surface area contributed by atoms with Crippen LogP contribution >= 0.6 is 0 Å². The molecule has 0 radical (unpaired) electrons. The zero-order valence-corrected chi connectivity index (χ0v) is 27.9. The van der Waals surface area contributed by atoms with Crippen molar-refractivity contribution in [3.63, 3.8) is 0 Å². The Hall–Kier alpha value is -3.61. The molecule has 3 aliphatic heterocycles. The number of benzene rings is 1. The van der Waals surface area contributed by atoms with Crippen LogP contribution in [0.5, 0.6) is 11.6 Å². The third-order valence-corrected chi connectivity index (χ3v) is 11.4. The second-order valence-electron chi connectivity index (χ2n) is 14.7. The summed E-state index contributed by atoms with van der Waals surface area (Å²) in [6, 6.07) is 2.91. The maximum atomic E-state index is 16.2. The van der Waals surface area contributed by atoms with Gasteiger partial charge in [-0.25, -0.2) is 14.8 Å². The molecule has 2 aliphatic carbocycles. The molecule has 2 aromatic rings. The summed E-state index contributed by atoms with van der Waals surface area (Å²) in [4.78, 5) is 51.5. The monoisotopic (exact) mass is 670 g/mol. The number of rotatable bonds is 4. The fourth-order valence-corrected chi connectivity index (χ4v) is 8.62. The van der Waals surface area contributed by atoms with Gasteiger partial charge in [-0.2, -0.15) is 8.78 Å². The highest BCUT2D eigenvalue weighted by atomic mass is 19.3. The normalized spacial score (nSPS) is 34.2. The van der Waals surface area contributed by atoms with Crippen LogP contribution < -0.4 is 14.8 Å². The van der Waals surface area contributed by atoms with E-state index in [0.717, 1.165) is 12.8 Å². The molecule has 48 heavy (non-hydrogen) atoms. The molecule has 7 rings (SSSR count). The molecule has 2 saturated heterocycles. The number of Topliss-reactive ketones (excluding diaryl/α,β-unsaturated/α-hetero) is 1. The molecule has 2 bridgehead atoms. The first-order chi connectivity index (χ1) is 22.9. The molecule has 11 nitrogen and oxygen atoms in total. The van der Waals surface area contributed by atoms with Gasteiger partial charge in [0.2, 0.25) is 11.8 Å². The quantitative estimate of drug-likeness (QED) is 0.476. The van der Waals surface area contributed by atoms with Crippen molar-refractivity contribution in [2.75, 3.05) is 26.9 Å². The molecule has 1 aromatic carbocycles. The lowest BCUT2D eigenvalue weighted by Gasteiger charge is -2.45. The van der Waals surface area contributed by atoms with Crippen LogP contribution in [-0.2, 0) is 25.0 Å². The van der Waals surface area contributed by atoms with Crippen molar-refractivity contribution in [2.45, 2.75) is 95.9 Å². The highest BCUT2D eigenvalue weighted by Crippen LogP contribution is 2.58. The lowest BCUT2D eigenvalue weighted by atomic mass is 9.79. The summed E-state index contributed by atoms with van der Waals surface area (Å²) in [5, 5.41) is 2.87. The van der Waals surface area contributed by atoms with Crippen LogP contribution in [-0.4, -0.2) is 83.8 Å². The van der Waals surface area contributed by atoms with E-state index in [9.17, 15) is 14.4 Å². The van der Waals surface area contributed by atoms with E-state index >= 15 is 8.78 Å². The van der Waals surface area contributed by atoms with E-state index in [2.05, 4.69) is 15.3 Å². The van der Waals surface area contributed by atoms with Crippen LogP contribution in [0.25, 0.3) is 11.0 Å². The van der Waals surface area contributed by atoms with E-state index in [1.807, 2.05) is 13.8 Å². The molecular weight excluding hydrogens is 626 g/mol. The maximum Gasteiger partial charge on any atom is 0.408 e. The van der Waals surface area contributed by atoms with Gasteiger partial charge < -0.3 is 29.2 Å². The van der Waals surface area contributed by atoms with Crippen molar-refractivity contribution in [2.24, 2.45) is 29.1 Å². The van der Waals surface area contributed by atoms with Crippen LogP contribution in [0.15, 0.2) is 18.2 Å². The summed E-state index contributed by atoms with van der Waals surface area (Å²) >= 11 is 0. The Morgan fingerprint density at radius 2 is 1.88 bits per heavy atom. The van der Waals surface area contributed by atoms with Gasteiger partial charge in [-0.05, 0) is 68.9 Å². The number of halogens is 2. The van der Waals surface area contributed by atoms with Crippen molar-refractivity contribution in [1.82, 2.24) is 20.2 Å². The number of hydrogen-bond acceptors (Lipinski definition) is 9. The van der Waals surface area contributed by atoms with Gasteiger partial charge in [-0.1, -0.05) is 20.3 Å². The summed E-state index contributed by atoms with van der Waals surface area (Å²) in [7, 11) is 1.50. The Labute approximate surface area is 278 Å². The number of carbonyl (C=O) groups excluding carboxylic acids is 3. The van der Waals surface area contributed by atoms with Crippen LogP contribution in [0.2, 0.25) is 0 Å². The van der Waals surface area contributed by atoms with Gasteiger partial charge in [0.15, 0.2) is 11.5 Å². The van der Waals surface area contributed by atoms with Crippen molar-refractivity contribution in [3.8, 4) is 11.6 Å². The Morgan fingerprint density at radius 3 is 2.56 bits per heavy atom. The molecule has 2 saturated carbocycles. The molecule has 1 N–H and O–H groups in total. The largest absolute Gasteiger partial charge is 0.497 e. The number of alkyl carbamates (subject to hydrolysis) is 1. The Bertz CT molecular complexity index is 1600. The summed E-state index contributed by atoms with van der Waals surface area (Å²) in [6.45, 7) is 5.54. The summed E-state index contributed by atoms with van der Waals surface area (Å²) in [5.41, 5.74) is -0.695. The van der Waals surface area contributed by atoms with E-state index in [1.165, 1.54) is 18.9 Å². The maximum absolute atomic E-state index is 16.2. The highest BCUT2D eigenvalue weighted by molar-refractivity contribution is 5.93. The van der Waals surface area contributed by atoms with Crippen LogP contribution in [0.1, 0.15) is 71.4 Å². The predicted octanol–water partition coefficient (Wildman–Crippen LogP) is 5.03.